The smallest absolute Gasteiger partial charge is 0.308 e. The Labute approximate surface area is 140 Å². The highest BCUT2D eigenvalue weighted by atomic mass is 16.5. The van der Waals surface area contributed by atoms with E-state index >= 15 is 0 Å². The number of ether oxygens (including phenoxy) is 2. The van der Waals surface area contributed by atoms with E-state index in [2.05, 4.69) is 22.9 Å². The van der Waals surface area contributed by atoms with Crippen molar-refractivity contribution in [2.75, 3.05) is 20.8 Å². The van der Waals surface area contributed by atoms with Crippen molar-refractivity contribution in [2.24, 2.45) is 5.92 Å². The van der Waals surface area contributed by atoms with E-state index in [1.807, 2.05) is 12.1 Å². The molecule has 0 amide bonds. The van der Waals surface area contributed by atoms with Crippen molar-refractivity contribution in [2.45, 2.75) is 43.2 Å². The van der Waals surface area contributed by atoms with Crippen LogP contribution in [0.3, 0.4) is 0 Å². The van der Waals surface area contributed by atoms with E-state index in [4.69, 9.17) is 9.47 Å². The van der Waals surface area contributed by atoms with Crippen LogP contribution in [0.15, 0.2) is 18.2 Å². The number of carboxylic acid groups (broad SMARTS) is 1. The number of carboxylic acids is 1. The molecule has 4 aliphatic heterocycles. The molecule has 1 aromatic rings. The summed E-state index contributed by atoms with van der Waals surface area (Å²) in [6.45, 7) is 0.656. The van der Waals surface area contributed by atoms with Crippen LogP contribution in [0, 0.1) is 5.92 Å². The van der Waals surface area contributed by atoms with Gasteiger partial charge in [0.05, 0.1) is 31.7 Å². The molecule has 0 spiro atoms. The normalized spacial score (nSPS) is 40.2. The van der Waals surface area contributed by atoms with Crippen LogP contribution in [-0.2, 0) is 16.0 Å². The summed E-state index contributed by atoms with van der Waals surface area (Å²) < 4.78 is 11.8. The Kier molecular flexibility index (Phi) is 3.02. The molecule has 4 aliphatic rings. The molecule has 0 radical (unpaired) electrons. The standard InChI is InChI=1S/C18H22N2O4/c1-19-12-7-10(18(21)22)16(19)11-6-9-4-3-5-14(23-2)15(9)13-8-24-17(12)20(11)13/h3-5,10-13,16-17H,6-8H2,1-2H3,(H,21,22)/t10-,11+,12?,13+,16-,17-/m1/s1. The highest BCUT2D eigenvalue weighted by Gasteiger charge is 2.62. The molecule has 6 atom stereocenters. The summed E-state index contributed by atoms with van der Waals surface area (Å²) >= 11 is 0. The summed E-state index contributed by atoms with van der Waals surface area (Å²) in [5.74, 6) is -0.0724. The second kappa shape index (κ2) is 4.94. The Morgan fingerprint density at radius 1 is 1.38 bits per heavy atom. The van der Waals surface area contributed by atoms with Gasteiger partial charge in [-0.1, -0.05) is 12.1 Å². The topological polar surface area (TPSA) is 62.2 Å². The van der Waals surface area contributed by atoms with Crippen molar-refractivity contribution in [3.8, 4) is 5.75 Å². The number of methoxy groups -OCH3 is 1. The molecule has 0 aromatic heterocycles. The Bertz CT molecular complexity index is 708. The van der Waals surface area contributed by atoms with Gasteiger partial charge < -0.3 is 14.6 Å². The van der Waals surface area contributed by atoms with Crippen molar-refractivity contribution in [1.82, 2.24) is 9.80 Å². The van der Waals surface area contributed by atoms with Gasteiger partial charge in [0.15, 0.2) is 0 Å². The average Bonchev–Trinajstić information content (AvgIpc) is 3.10. The Hall–Kier alpha value is -1.63. The van der Waals surface area contributed by atoms with Gasteiger partial charge in [0.2, 0.25) is 0 Å². The van der Waals surface area contributed by atoms with E-state index in [9.17, 15) is 9.90 Å². The monoisotopic (exact) mass is 330 g/mol. The fourth-order valence-corrected chi connectivity index (χ4v) is 5.63. The summed E-state index contributed by atoms with van der Waals surface area (Å²) in [7, 11) is 3.77. The fraction of sp³-hybridized carbons (Fsp3) is 0.611. The lowest BCUT2D eigenvalue weighted by Gasteiger charge is -2.51. The van der Waals surface area contributed by atoms with Gasteiger partial charge in [0, 0.05) is 17.6 Å². The number of likely N-dealkylation sites (N-methyl/N-ethyl adjacent to an activating group) is 1. The van der Waals surface area contributed by atoms with Gasteiger partial charge >= 0.3 is 5.97 Å². The first kappa shape index (κ1) is 14.7. The lowest BCUT2D eigenvalue weighted by Crippen LogP contribution is -2.64. The third-order valence-electron chi connectivity index (χ3n) is 6.54. The first-order valence-electron chi connectivity index (χ1n) is 8.61. The summed E-state index contributed by atoms with van der Waals surface area (Å²) in [4.78, 5) is 16.5. The molecule has 1 unspecified atom stereocenters. The van der Waals surface area contributed by atoms with Crippen molar-refractivity contribution >= 4 is 5.97 Å². The van der Waals surface area contributed by atoms with Crippen LogP contribution < -0.4 is 4.74 Å². The molecule has 128 valence electrons. The SMILES string of the molecule is COc1cccc2c1[C@@H]1CO[C@@H]3C4C[C@@H](C(=O)O)[C@H]([C@H](C2)N31)N4C. The molecule has 4 heterocycles. The number of nitrogens with zero attached hydrogens (tertiary/aromatic N) is 2. The molecule has 6 nitrogen and oxygen atoms in total. The van der Waals surface area contributed by atoms with Crippen molar-refractivity contribution in [3.05, 3.63) is 29.3 Å². The lowest BCUT2D eigenvalue weighted by atomic mass is 9.82. The summed E-state index contributed by atoms with van der Waals surface area (Å²) in [5.41, 5.74) is 2.50. The number of hydrogen-bond acceptors (Lipinski definition) is 5. The largest absolute Gasteiger partial charge is 0.496 e. The molecule has 3 saturated heterocycles. The number of carbonyl (C=O) groups is 1. The van der Waals surface area contributed by atoms with Crippen molar-refractivity contribution in [1.29, 1.82) is 0 Å². The predicted molar refractivity (Wildman–Crippen MR) is 85.9 cm³/mol. The van der Waals surface area contributed by atoms with E-state index in [0.29, 0.717) is 13.0 Å². The zero-order valence-corrected chi connectivity index (χ0v) is 13.9. The number of fused-ring (bicyclic) bond motifs is 6. The maximum Gasteiger partial charge on any atom is 0.308 e. The fourth-order valence-electron chi connectivity index (χ4n) is 5.63. The average molecular weight is 330 g/mol. The Morgan fingerprint density at radius 2 is 2.21 bits per heavy atom. The number of hydrogen-bond donors (Lipinski definition) is 1. The van der Waals surface area contributed by atoms with Crippen LogP contribution in [0.5, 0.6) is 5.75 Å². The lowest BCUT2D eigenvalue weighted by molar-refractivity contribution is -0.144. The van der Waals surface area contributed by atoms with Gasteiger partial charge in [-0.25, -0.2) is 0 Å². The van der Waals surface area contributed by atoms with Gasteiger partial charge in [-0.2, -0.15) is 0 Å². The van der Waals surface area contributed by atoms with Crippen LogP contribution in [0.2, 0.25) is 0 Å². The molecule has 0 saturated carbocycles. The van der Waals surface area contributed by atoms with E-state index in [0.717, 1.165) is 12.2 Å². The Balaban J connectivity index is 1.64. The molecule has 24 heavy (non-hydrogen) atoms. The van der Waals surface area contributed by atoms with Crippen LogP contribution >= 0.6 is 0 Å². The highest BCUT2D eigenvalue weighted by molar-refractivity contribution is 5.72. The summed E-state index contributed by atoms with van der Waals surface area (Å²) in [6, 6.07) is 6.76. The number of rotatable bonds is 2. The van der Waals surface area contributed by atoms with E-state index < -0.39 is 5.97 Å². The van der Waals surface area contributed by atoms with Crippen LogP contribution in [0.4, 0.5) is 0 Å². The zero-order chi connectivity index (χ0) is 16.6. The molecule has 1 N–H and O–H groups in total. The predicted octanol–water partition coefficient (Wildman–Crippen LogP) is 1.11. The Morgan fingerprint density at radius 3 is 2.96 bits per heavy atom. The molecule has 5 rings (SSSR count). The number of piperazine rings is 1. The third-order valence-corrected chi connectivity index (χ3v) is 6.54. The molecular weight excluding hydrogens is 308 g/mol. The van der Waals surface area contributed by atoms with E-state index in [-0.39, 0.29) is 36.3 Å². The highest BCUT2D eigenvalue weighted by Crippen LogP contribution is 2.52. The van der Waals surface area contributed by atoms with Gasteiger partial charge in [-0.3, -0.25) is 14.6 Å². The minimum absolute atomic E-state index is 0.0105. The van der Waals surface area contributed by atoms with Gasteiger partial charge in [0.25, 0.3) is 0 Å². The van der Waals surface area contributed by atoms with Crippen LogP contribution in [-0.4, -0.2) is 66.0 Å². The van der Waals surface area contributed by atoms with Crippen molar-refractivity contribution in [3.63, 3.8) is 0 Å². The van der Waals surface area contributed by atoms with Gasteiger partial charge in [-0.05, 0) is 31.5 Å². The molecular formula is C18H22N2O4. The molecule has 3 fully saturated rings. The van der Waals surface area contributed by atoms with Crippen LogP contribution in [0.1, 0.15) is 23.6 Å². The number of aliphatic carboxylic acids is 1. The van der Waals surface area contributed by atoms with Crippen molar-refractivity contribution < 1.29 is 19.4 Å². The summed E-state index contributed by atoms with van der Waals surface area (Å²) in [5, 5.41) is 9.71. The molecule has 1 aromatic carbocycles. The van der Waals surface area contributed by atoms with E-state index in [1.54, 1.807) is 7.11 Å². The maximum absolute atomic E-state index is 11.8. The quantitative estimate of drug-likeness (QED) is 0.876. The second-order valence-corrected chi connectivity index (χ2v) is 7.40. The minimum atomic E-state index is -0.677. The minimum Gasteiger partial charge on any atom is -0.496 e. The van der Waals surface area contributed by atoms with Crippen LogP contribution in [0.25, 0.3) is 0 Å². The molecule has 0 aliphatic carbocycles. The number of benzene rings is 1. The maximum atomic E-state index is 11.8. The first-order chi connectivity index (χ1) is 11.6. The van der Waals surface area contributed by atoms with Gasteiger partial charge in [-0.15, -0.1) is 0 Å². The van der Waals surface area contributed by atoms with E-state index in [1.165, 1.54) is 11.1 Å². The molecule has 2 bridgehead atoms. The molecule has 6 heteroatoms. The zero-order valence-electron chi connectivity index (χ0n) is 13.9. The summed E-state index contributed by atoms with van der Waals surface area (Å²) in [6.07, 6.45) is 1.52. The third kappa shape index (κ3) is 1.68. The second-order valence-electron chi connectivity index (χ2n) is 7.40. The van der Waals surface area contributed by atoms with Gasteiger partial charge in [0.1, 0.15) is 12.0 Å². The first-order valence-corrected chi connectivity index (χ1v) is 8.61.